The molecule has 10 unspecified atom stereocenters. The van der Waals surface area contributed by atoms with Crippen LogP contribution in [0.4, 0.5) is 0 Å². The number of allylic oxidation sites excluding steroid dienone is 1. The topological polar surface area (TPSA) is 20.2 Å². The second kappa shape index (κ2) is 8.92. The molecule has 0 amide bonds. The van der Waals surface area contributed by atoms with Crippen LogP contribution in [0.2, 0.25) is 0 Å². The molecule has 4 aliphatic rings. The van der Waals surface area contributed by atoms with Crippen molar-refractivity contribution in [2.75, 3.05) is 0 Å². The molecule has 3 saturated carbocycles. The van der Waals surface area contributed by atoms with Crippen LogP contribution >= 0.6 is 0 Å². The van der Waals surface area contributed by atoms with Gasteiger partial charge in [0.25, 0.3) is 0 Å². The Morgan fingerprint density at radius 1 is 1.10 bits per heavy atom. The van der Waals surface area contributed by atoms with E-state index in [0.717, 1.165) is 66.1 Å². The summed E-state index contributed by atoms with van der Waals surface area (Å²) in [5, 5.41) is 10.3. The molecule has 0 bridgehead atoms. The molecule has 3 fully saturated rings. The Hall–Kier alpha value is -0.300. The van der Waals surface area contributed by atoms with Crippen molar-refractivity contribution in [1.29, 1.82) is 0 Å². The third-order valence-electron chi connectivity index (χ3n) is 11.0. The van der Waals surface area contributed by atoms with Gasteiger partial charge in [-0.3, -0.25) is 0 Å². The summed E-state index contributed by atoms with van der Waals surface area (Å²) in [6.45, 7) is 15.0. The lowest BCUT2D eigenvalue weighted by Gasteiger charge is -2.57. The van der Waals surface area contributed by atoms with Crippen molar-refractivity contribution in [3.63, 3.8) is 0 Å². The van der Waals surface area contributed by atoms with E-state index in [1.165, 1.54) is 51.4 Å². The molecule has 1 nitrogen and oxygen atoms in total. The van der Waals surface area contributed by atoms with Crippen LogP contribution in [-0.2, 0) is 0 Å². The van der Waals surface area contributed by atoms with Gasteiger partial charge in [-0.05, 0) is 110 Å². The summed E-state index contributed by atoms with van der Waals surface area (Å²) in [5.74, 6) is 8.28. The molecule has 0 aromatic carbocycles. The number of hydrogen-bond acceptors (Lipinski definition) is 1. The standard InChI is InChI=1S/C29H50O/c1-7-21(18(2)3)9-8-19(4)24-12-13-26-25-11-10-22-17-23(30)14-15-29(22,6)27(25)16-20(5)28(24)26/h10,18-21,23-28,30H,7-9,11-17H2,1-6H3. The van der Waals surface area contributed by atoms with Crippen LogP contribution in [0.25, 0.3) is 0 Å². The monoisotopic (exact) mass is 414 g/mol. The van der Waals surface area contributed by atoms with Gasteiger partial charge in [0.2, 0.25) is 0 Å². The predicted octanol–water partition coefficient (Wildman–Crippen LogP) is 7.88. The van der Waals surface area contributed by atoms with E-state index in [9.17, 15) is 5.11 Å². The molecule has 0 heterocycles. The molecule has 0 spiro atoms. The quantitative estimate of drug-likeness (QED) is 0.438. The van der Waals surface area contributed by atoms with Gasteiger partial charge in [0, 0.05) is 0 Å². The molecule has 0 aromatic rings. The smallest absolute Gasteiger partial charge is 0.0577 e. The van der Waals surface area contributed by atoms with Gasteiger partial charge in [-0.15, -0.1) is 0 Å². The Kier molecular flexibility index (Phi) is 6.80. The fourth-order valence-corrected chi connectivity index (χ4v) is 9.13. The van der Waals surface area contributed by atoms with Crippen molar-refractivity contribution in [3.8, 4) is 0 Å². The molecule has 1 N–H and O–H groups in total. The summed E-state index contributed by atoms with van der Waals surface area (Å²) in [7, 11) is 0. The van der Waals surface area contributed by atoms with Gasteiger partial charge in [-0.2, -0.15) is 0 Å². The highest BCUT2D eigenvalue weighted by molar-refractivity contribution is 5.25. The minimum absolute atomic E-state index is 0.0795. The van der Waals surface area contributed by atoms with Crippen molar-refractivity contribution >= 4 is 0 Å². The first-order valence-corrected chi connectivity index (χ1v) is 13.6. The lowest BCUT2D eigenvalue weighted by molar-refractivity contribution is -0.0409. The van der Waals surface area contributed by atoms with Crippen LogP contribution in [0.15, 0.2) is 11.6 Å². The molecular formula is C29H50O. The summed E-state index contributed by atoms with van der Waals surface area (Å²) in [6.07, 6.45) is 15.7. The van der Waals surface area contributed by atoms with Crippen molar-refractivity contribution in [2.24, 2.45) is 58.7 Å². The minimum atomic E-state index is -0.0795. The zero-order valence-electron chi connectivity index (χ0n) is 20.9. The third-order valence-corrected chi connectivity index (χ3v) is 11.0. The van der Waals surface area contributed by atoms with E-state index in [1.54, 1.807) is 5.57 Å². The summed E-state index contributed by atoms with van der Waals surface area (Å²) >= 11 is 0. The summed E-state index contributed by atoms with van der Waals surface area (Å²) < 4.78 is 0. The third kappa shape index (κ3) is 3.95. The summed E-state index contributed by atoms with van der Waals surface area (Å²) in [5.41, 5.74) is 2.01. The summed E-state index contributed by atoms with van der Waals surface area (Å²) in [6, 6.07) is 0. The first-order valence-electron chi connectivity index (χ1n) is 13.6. The van der Waals surface area contributed by atoms with Gasteiger partial charge >= 0.3 is 0 Å². The maximum absolute atomic E-state index is 10.3. The van der Waals surface area contributed by atoms with E-state index in [0.29, 0.717) is 5.41 Å². The van der Waals surface area contributed by atoms with Gasteiger partial charge in [-0.25, -0.2) is 0 Å². The van der Waals surface area contributed by atoms with Crippen molar-refractivity contribution in [1.82, 2.24) is 0 Å². The maximum Gasteiger partial charge on any atom is 0.0577 e. The SMILES string of the molecule is CCC(CCC(C)C1CCC2C3CC=C4CC(O)CCC4(C)C3CC(C)C12)C(C)C. The van der Waals surface area contributed by atoms with E-state index in [1.807, 2.05) is 0 Å². The normalized spacial score (nSPS) is 45.3. The second-order valence-corrected chi connectivity index (χ2v) is 12.7. The number of hydrogen-bond donors (Lipinski definition) is 1. The van der Waals surface area contributed by atoms with Crippen molar-refractivity contribution < 1.29 is 5.11 Å². The molecule has 0 aromatic heterocycles. The molecule has 10 atom stereocenters. The Labute approximate surface area is 187 Å². The first-order chi connectivity index (χ1) is 14.3. The van der Waals surface area contributed by atoms with Crippen molar-refractivity contribution in [2.45, 2.75) is 112 Å². The van der Waals surface area contributed by atoms with Gasteiger partial charge in [-0.1, -0.05) is 66.0 Å². The number of aliphatic hydroxyl groups is 1. The van der Waals surface area contributed by atoms with Gasteiger partial charge in [0.05, 0.1) is 6.10 Å². The first kappa shape index (κ1) is 22.9. The largest absolute Gasteiger partial charge is 0.393 e. The van der Waals surface area contributed by atoms with E-state index in [4.69, 9.17) is 0 Å². The highest BCUT2D eigenvalue weighted by Crippen LogP contribution is 2.64. The minimum Gasteiger partial charge on any atom is -0.393 e. The molecule has 0 saturated heterocycles. The average molecular weight is 415 g/mol. The Balaban J connectivity index is 1.47. The average Bonchev–Trinajstić information content (AvgIpc) is 3.15. The zero-order chi connectivity index (χ0) is 21.6. The zero-order valence-corrected chi connectivity index (χ0v) is 20.9. The van der Waals surface area contributed by atoms with E-state index in [-0.39, 0.29) is 6.10 Å². The van der Waals surface area contributed by atoms with Gasteiger partial charge < -0.3 is 5.11 Å². The van der Waals surface area contributed by atoms with Crippen LogP contribution in [0.5, 0.6) is 0 Å². The highest BCUT2D eigenvalue weighted by Gasteiger charge is 2.56. The Morgan fingerprint density at radius 3 is 2.57 bits per heavy atom. The Morgan fingerprint density at radius 2 is 1.87 bits per heavy atom. The molecule has 30 heavy (non-hydrogen) atoms. The van der Waals surface area contributed by atoms with E-state index >= 15 is 0 Å². The molecule has 0 aliphatic heterocycles. The fourth-order valence-electron chi connectivity index (χ4n) is 9.13. The molecule has 0 radical (unpaired) electrons. The van der Waals surface area contributed by atoms with Crippen molar-refractivity contribution in [3.05, 3.63) is 11.6 Å². The van der Waals surface area contributed by atoms with Crippen LogP contribution in [-0.4, -0.2) is 11.2 Å². The van der Waals surface area contributed by atoms with Crippen LogP contribution < -0.4 is 0 Å². The second-order valence-electron chi connectivity index (χ2n) is 12.7. The maximum atomic E-state index is 10.3. The molecular weight excluding hydrogens is 364 g/mol. The van der Waals surface area contributed by atoms with Gasteiger partial charge in [0.1, 0.15) is 0 Å². The molecule has 4 aliphatic carbocycles. The molecule has 172 valence electrons. The Bertz CT molecular complexity index is 620. The van der Waals surface area contributed by atoms with E-state index in [2.05, 4.69) is 47.6 Å². The summed E-state index contributed by atoms with van der Waals surface area (Å²) in [4.78, 5) is 0. The molecule has 1 heteroatoms. The number of aliphatic hydroxyl groups excluding tert-OH is 1. The lowest BCUT2D eigenvalue weighted by atomic mass is 9.48. The van der Waals surface area contributed by atoms with Gasteiger partial charge in [0.15, 0.2) is 0 Å². The highest BCUT2D eigenvalue weighted by atomic mass is 16.3. The van der Waals surface area contributed by atoms with Crippen LogP contribution in [0.3, 0.4) is 0 Å². The van der Waals surface area contributed by atoms with Crippen LogP contribution in [0, 0.1) is 58.7 Å². The fraction of sp³-hybridized carbons (Fsp3) is 0.931. The number of rotatable bonds is 6. The van der Waals surface area contributed by atoms with E-state index < -0.39 is 0 Å². The molecule has 4 rings (SSSR count). The number of fused-ring (bicyclic) bond motifs is 5. The lowest BCUT2D eigenvalue weighted by Crippen LogP contribution is -2.50. The predicted molar refractivity (Wildman–Crippen MR) is 128 cm³/mol. The van der Waals surface area contributed by atoms with Crippen LogP contribution in [0.1, 0.15) is 106 Å².